The van der Waals surface area contributed by atoms with Gasteiger partial charge in [-0.05, 0) is 78.3 Å². The van der Waals surface area contributed by atoms with Crippen molar-refractivity contribution in [1.82, 2.24) is 9.80 Å². The Bertz CT molecular complexity index is 968. The van der Waals surface area contributed by atoms with Crippen molar-refractivity contribution < 1.29 is 30.0 Å². The predicted octanol–water partition coefficient (Wildman–Crippen LogP) is 13.2. The van der Waals surface area contributed by atoms with Crippen molar-refractivity contribution in [2.24, 2.45) is 11.8 Å². The summed E-state index contributed by atoms with van der Waals surface area (Å²) >= 11 is 0. The predicted molar refractivity (Wildman–Crippen MR) is 270 cm³/mol. The molecule has 0 rings (SSSR count). The second kappa shape index (κ2) is 44.9. The number of carbonyl (C=O) groups excluding carboxylic acids is 2. The lowest BCUT2D eigenvalue weighted by atomic mass is 9.85. The molecule has 4 N–H and O–H groups in total. The van der Waals surface area contributed by atoms with E-state index < -0.39 is 18.3 Å². The van der Waals surface area contributed by atoms with Gasteiger partial charge in [-0.25, -0.2) is 0 Å². The summed E-state index contributed by atoms with van der Waals surface area (Å²) in [5.41, 5.74) is 0. The van der Waals surface area contributed by atoms with Gasteiger partial charge in [0.25, 0.3) is 0 Å². The summed E-state index contributed by atoms with van der Waals surface area (Å²) in [6.07, 6.45) is 36.9. The van der Waals surface area contributed by atoms with Crippen molar-refractivity contribution in [3.05, 3.63) is 0 Å². The molecule has 0 aromatic carbocycles. The van der Waals surface area contributed by atoms with Crippen LogP contribution in [0.5, 0.6) is 0 Å². The zero-order valence-corrected chi connectivity index (χ0v) is 43.0. The molecular formula is C55H110N2O6. The van der Waals surface area contributed by atoms with E-state index in [1.165, 1.54) is 135 Å². The minimum atomic E-state index is -0.454. The van der Waals surface area contributed by atoms with Crippen LogP contribution in [0.25, 0.3) is 0 Å². The molecule has 0 aromatic rings. The molecule has 0 saturated carbocycles. The van der Waals surface area contributed by atoms with E-state index in [1.807, 2.05) is 0 Å². The number of hydrogen-bond donors (Lipinski definition) is 4. The van der Waals surface area contributed by atoms with E-state index in [2.05, 4.69) is 37.5 Å². The van der Waals surface area contributed by atoms with Gasteiger partial charge in [0, 0.05) is 44.4 Å². The highest BCUT2D eigenvalue weighted by Gasteiger charge is 2.24. The van der Waals surface area contributed by atoms with Crippen LogP contribution in [0, 0.1) is 11.8 Å². The van der Waals surface area contributed by atoms with Crippen LogP contribution in [0.4, 0.5) is 0 Å². The van der Waals surface area contributed by atoms with Crippen molar-refractivity contribution in [1.29, 1.82) is 0 Å². The fourth-order valence-corrected chi connectivity index (χ4v) is 9.50. The lowest BCUT2D eigenvalue weighted by molar-refractivity contribution is -0.129. The second-order valence-corrected chi connectivity index (χ2v) is 20.2. The summed E-state index contributed by atoms with van der Waals surface area (Å²) in [4.78, 5) is 30.8. The maximum absolute atomic E-state index is 13.6. The zero-order valence-electron chi connectivity index (χ0n) is 43.0. The maximum Gasteiger partial charge on any atom is 0.136 e. The Kier molecular flexibility index (Phi) is 44.3. The van der Waals surface area contributed by atoms with Gasteiger partial charge in [-0.2, -0.15) is 0 Å². The first kappa shape index (κ1) is 62.1. The molecule has 0 heterocycles. The highest BCUT2D eigenvalue weighted by Crippen LogP contribution is 2.23. The molecule has 0 spiro atoms. The largest absolute Gasteiger partial charge is 0.392 e. The van der Waals surface area contributed by atoms with Gasteiger partial charge in [0.05, 0.1) is 24.4 Å². The van der Waals surface area contributed by atoms with Gasteiger partial charge in [0.1, 0.15) is 11.6 Å². The van der Waals surface area contributed by atoms with Crippen molar-refractivity contribution >= 4 is 11.6 Å². The lowest BCUT2D eigenvalue weighted by Crippen LogP contribution is -2.38. The van der Waals surface area contributed by atoms with Crippen molar-refractivity contribution in [2.45, 2.75) is 291 Å². The molecule has 0 bridgehead atoms. The number of Topliss-reactive ketones (excluding diaryl/α,β-unsaturated/α-hetero) is 2. The minimum Gasteiger partial charge on any atom is -0.392 e. The van der Waals surface area contributed by atoms with Gasteiger partial charge in [0.2, 0.25) is 0 Å². The molecule has 8 heteroatoms. The van der Waals surface area contributed by atoms with Crippen molar-refractivity contribution in [2.75, 3.05) is 39.3 Å². The molecule has 0 radical (unpaired) electrons. The molecule has 0 fully saturated rings. The summed E-state index contributed by atoms with van der Waals surface area (Å²) in [6, 6.07) is 0. The Morgan fingerprint density at radius 1 is 0.397 bits per heavy atom. The summed E-state index contributed by atoms with van der Waals surface area (Å²) < 4.78 is 0. The Hall–Kier alpha value is -0.900. The molecule has 0 unspecified atom stereocenters. The summed E-state index contributed by atoms with van der Waals surface area (Å²) in [7, 11) is 0. The third-order valence-corrected chi connectivity index (χ3v) is 13.6. The number of hydrogen-bond acceptors (Lipinski definition) is 8. The first-order valence-electron chi connectivity index (χ1n) is 27.7. The van der Waals surface area contributed by atoms with E-state index in [4.69, 9.17) is 0 Å². The van der Waals surface area contributed by atoms with Crippen LogP contribution in [0.15, 0.2) is 0 Å². The molecule has 0 aliphatic rings. The van der Waals surface area contributed by atoms with E-state index >= 15 is 0 Å². The number of carbonyl (C=O) groups is 2. The molecule has 0 aliphatic carbocycles. The van der Waals surface area contributed by atoms with Gasteiger partial charge in [-0.15, -0.1) is 0 Å². The van der Waals surface area contributed by atoms with Gasteiger partial charge < -0.3 is 20.4 Å². The summed E-state index contributed by atoms with van der Waals surface area (Å²) in [6.45, 7) is 16.1. The van der Waals surface area contributed by atoms with Crippen LogP contribution in [-0.4, -0.2) is 105 Å². The van der Waals surface area contributed by atoms with Crippen LogP contribution in [-0.2, 0) is 9.59 Å². The lowest BCUT2D eigenvalue weighted by Gasteiger charge is -2.28. The van der Waals surface area contributed by atoms with Crippen LogP contribution in [0.1, 0.15) is 266 Å². The Morgan fingerprint density at radius 2 is 0.698 bits per heavy atom. The molecular weight excluding hydrogens is 785 g/mol. The number of ketones is 2. The molecule has 0 saturated heterocycles. The van der Waals surface area contributed by atoms with E-state index in [1.54, 1.807) is 13.8 Å². The molecule has 0 amide bonds. The monoisotopic (exact) mass is 895 g/mol. The van der Waals surface area contributed by atoms with E-state index in [9.17, 15) is 30.0 Å². The molecule has 8 nitrogen and oxygen atoms in total. The quantitative estimate of drug-likeness (QED) is 0.0446. The molecule has 0 aromatic heterocycles. The minimum absolute atomic E-state index is 0.0507. The number of aliphatic hydroxyl groups excluding tert-OH is 4. The first-order chi connectivity index (χ1) is 30.5. The van der Waals surface area contributed by atoms with E-state index in [0.717, 1.165) is 90.1 Å². The third kappa shape index (κ3) is 39.9. The first-order valence-corrected chi connectivity index (χ1v) is 27.7. The van der Waals surface area contributed by atoms with Crippen LogP contribution in [0.3, 0.4) is 0 Å². The van der Waals surface area contributed by atoms with E-state index in [0.29, 0.717) is 39.0 Å². The van der Waals surface area contributed by atoms with Crippen molar-refractivity contribution in [3.63, 3.8) is 0 Å². The van der Waals surface area contributed by atoms with Gasteiger partial charge in [0.15, 0.2) is 0 Å². The van der Waals surface area contributed by atoms with Gasteiger partial charge in [-0.3, -0.25) is 19.4 Å². The second-order valence-electron chi connectivity index (χ2n) is 20.2. The normalized spacial score (nSPS) is 14.9. The zero-order chi connectivity index (χ0) is 46.8. The van der Waals surface area contributed by atoms with Gasteiger partial charge >= 0.3 is 0 Å². The fraction of sp³-hybridized carbons (Fsp3) is 0.964. The van der Waals surface area contributed by atoms with Crippen LogP contribution < -0.4 is 0 Å². The number of nitrogens with zero attached hydrogens (tertiary/aromatic N) is 2. The fourth-order valence-electron chi connectivity index (χ4n) is 9.50. The highest BCUT2D eigenvalue weighted by atomic mass is 16.3. The number of rotatable bonds is 50. The Balaban J connectivity index is 4.94. The smallest absolute Gasteiger partial charge is 0.136 e. The van der Waals surface area contributed by atoms with E-state index in [-0.39, 0.29) is 29.5 Å². The molecule has 6 atom stereocenters. The van der Waals surface area contributed by atoms with Crippen LogP contribution in [0.2, 0.25) is 0 Å². The van der Waals surface area contributed by atoms with Crippen LogP contribution >= 0.6 is 0 Å². The summed E-state index contributed by atoms with van der Waals surface area (Å²) in [5.74, 6) is -0.0144. The molecule has 0 aliphatic heterocycles. The third-order valence-electron chi connectivity index (χ3n) is 13.6. The number of unbranched alkanes of at least 4 members (excludes halogenated alkanes) is 23. The Labute approximate surface area is 391 Å². The molecule has 63 heavy (non-hydrogen) atoms. The average molecular weight is 895 g/mol. The van der Waals surface area contributed by atoms with Crippen molar-refractivity contribution in [3.8, 4) is 0 Å². The Morgan fingerprint density at radius 3 is 1.02 bits per heavy atom. The standard InChI is InChI=1S/C55H110N2O6/c1-7-11-14-17-20-23-26-29-38-52(60)45-56(44-48(5)58)41-34-32-36-50(10-4)55(63)43-51(49(6)59)37-33-35-42-57(46-53(61)39-30-27-24-21-18-15-12-8-2)47-54(62)40-31-28-25-22-19-16-13-9-3/h48,50-54,58,60-62H,7-47H2,1-6H3/t48-,50-,51-,52-,53-,54-/m0/s1. The summed E-state index contributed by atoms with van der Waals surface area (Å²) in [5, 5.41) is 43.0. The van der Waals surface area contributed by atoms with Gasteiger partial charge in [-0.1, -0.05) is 195 Å². The average Bonchev–Trinajstić information content (AvgIpc) is 3.24. The topological polar surface area (TPSA) is 122 Å². The SMILES string of the molecule is CCCCCCCCCC[C@H](O)CN(CCCC[C@@H](CC(=O)[C@@H](CC)CCCCN(C[C@@H](O)CCCCCCCCCC)C[C@H](C)O)C(C)=O)C[C@@H](O)CCCCCCCCCC. The highest BCUT2D eigenvalue weighted by molar-refractivity contribution is 5.87. The maximum atomic E-state index is 13.6. The molecule has 376 valence electrons. The number of aliphatic hydroxyl groups is 4.